The van der Waals surface area contributed by atoms with Crippen LogP contribution in [-0.2, 0) is 34.5 Å². The van der Waals surface area contributed by atoms with Gasteiger partial charge in [-0.1, -0.05) is 30.3 Å². The van der Waals surface area contributed by atoms with E-state index >= 15 is 0 Å². The number of aromatic nitrogens is 3. The van der Waals surface area contributed by atoms with Crippen molar-refractivity contribution in [1.29, 1.82) is 0 Å². The summed E-state index contributed by atoms with van der Waals surface area (Å²) in [4.78, 5) is 9.31. The van der Waals surface area contributed by atoms with Crippen molar-refractivity contribution in [1.82, 2.24) is 19.3 Å². The van der Waals surface area contributed by atoms with Crippen LogP contribution in [0, 0.1) is 0 Å². The van der Waals surface area contributed by atoms with E-state index in [0.29, 0.717) is 19.4 Å². The number of benzene rings is 2. The molecule has 0 fully saturated rings. The fraction of sp³-hybridized carbons (Fsp3) is 0.360. The number of nitrogens with zero attached hydrogens (tertiary/aromatic N) is 3. The molecule has 0 saturated heterocycles. The Labute approximate surface area is 205 Å². The van der Waals surface area contributed by atoms with Crippen molar-refractivity contribution in [3.05, 3.63) is 66.1 Å². The Kier molecular flexibility index (Phi) is 7.97. The first-order chi connectivity index (χ1) is 16.9. The second kappa shape index (κ2) is 11.1. The van der Waals surface area contributed by atoms with Gasteiger partial charge in [0.1, 0.15) is 17.5 Å². The van der Waals surface area contributed by atoms with E-state index in [2.05, 4.69) is 14.3 Å². The first-order valence-electron chi connectivity index (χ1n) is 11.6. The maximum Gasteiger partial charge on any atom is 0.211 e. The molecule has 0 bridgehead atoms. The van der Waals surface area contributed by atoms with E-state index in [0.717, 1.165) is 38.9 Å². The topological polar surface area (TPSA) is 121 Å². The maximum absolute atomic E-state index is 12.5. The number of ether oxygens (including phenoxy) is 2. The predicted molar refractivity (Wildman–Crippen MR) is 136 cm³/mol. The second-order valence-electron chi connectivity index (χ2n) is 8.42. The number of hydrogen-bond acceptors (Lipinski definition) is 7. The number of unbranched alkanes of at least 4 members (excludes halogenated alkanes) is 1. The molecule has 0 amide bonds. The molecule has 0 aliphatic heterocycles. The van der Waals surface area contributed by atoms with Crippen molar-refractivity contribution < 1.29 is 17.9 Å². The van der Waals surface area contributed by atoms with Crippen LogP contribution in [0.2, 0.25) is 0 Å². The van der Waals surface area contributed by atoms with E-state index in [-0.39, 0.29) is 18.9 Å². The largest absolute Gasteiger partial charge is 0.497 e. The van der Waals surface area contributed by atoms with Crippen LogP contribution in [0.3, 0.4) is 0 Å². The third kappa shape index (κ3) is 6.34. The van der Waals surface area contributed by atoms with Gasteiger partial charge in [-0.2, -0.15) is 0 Å². The number of hydrogen-bond donors (Lipinski definition) is 2. The smallest absolute Gasteiger partial charge is 0.211 e. The van der Waals surface area contributed by atoms with Crippen molar-refractivity contribution in [2.45, 2.75) is 45.7 Å². The quantitative estimate of drug-likeness (QED) is 0.227. The molecular weight excluding hydrogens is 466 g/mol. The highest BCUT2D eigenvalue weighted by Gasteiger charge is 2.15. The number of methoxy groups -OCH3 is 1. The maximum atomic E-state index is 12.5. The molecule has 2 aromatic carbocycles. The zero-order valence-corrected chi connectivity index (χ0v) is 20.8. The van der Waals surface area contributed by atoms with Crippen LogP contribution in [0.15, 0.2) is 54.9 Å². The second-order valence-corrected chi connectivity index (χ2v) is 10.3. The Morgan fingerprint density at radius 2 is 1.89 bits per heavy atom. The Bertz CT molecular complexity index is 1380. The van der Waals surface area contributed by atoms with Crippen molar-refractivity contribution in [3.8, 4) is 5.75 Å². The summed E-state index contributed by atoms with van der Waals surface area (Å²) in [6.07, 6.45) is 2.60. The Hall–Kier alpha value is -3.05. The summed E-state index contributed by atoms with van der Waals surface area (Å²) in [5, 5.41) is 0.998. The predicted octanol–water partition coefficient (Wildman–Crippen LogP) is 3.31. The van der Waals surface area contributed by atoms with Gasteiger partial charge in [0, 0.05) is 18.5 Å². The lowest BCUT2D eigenvalue weighted by Gasteiger charge is -2.11. The number of nitrogens with two attached hydrogens (primary N) is 1. The molecule has 0 aliphatic rings. The monoisotopic (exact) mass is 497 g/mol. The highest BCUT2D eigenvalue weighted by atomic mass is 32.2. The normalized spacial score (nSPS) is 12.9. The number of aryl methyl sites for hydroxylation is 1. The zero-order valence-electron chi connectivity index (χ0n) is 20.0. The number of pyridine rings is 1. The molecular formula is C25H31N5O4S. The lowest BCUT2D eigenvalue weighted by Crippen LogP contribution is -2.26. The molecule has 0 saturated carbocycles. The SMILES string of the molecule is COc1ccc(CNS(=O)(=O)CCCCn2cnc3c(COC(C)N)nc4ccccc4c32)cc1. The van der Waals surface area contributed by atoms with Crippen LogP contribution < -0.4 is 15.2 Å². The van der Waals surface area contributed by atoms with Crippen LogP contribution in [-0.4, -0.2) is 42.0 Å². The molecule has 1 unspecified atom stereocenters. The number of fused-ring (bicyclic) bond motifs is 3. The number of rotatable bonds is 12. The van der Waals surface area contributed by atoms with Crippen molar-refractivity contribution >= 4 is 32.0 Å². The highest BCUT2D eigenvalue weighted by molar-refractivity contribution is 7.89. The minimum Gasteiger partial charge on any atom is -0.497 e. The standard InChI is InChI=1S/C25H31N5O4S/c1-18(26)34-16-23-24-25(21-7-3-4-8-22(21)29-23)30(17-27-24)13-5-6-14-35(31,32)28-15-19-9-11-20(33-2)12-10-19/h3-4,7-12,17-18,28H,5-6,13-16,26H2,1-2H3. The Morgan fingerprint density at radius 3 is 2.63 bits per heavy atom. The molecule has 1 atom stereocenters. The minimum absolute atomic E-state index is 0.0611. The van der Waals surface area contributed by atoms with Crippen LogP contribution in [0.5, 0.6) is 5.75 Å². The Balaban J connectivity index is 1.39. The third-order valence-electron chi connectivity index (χ3n) is 5.73. The van der Waals surface area contributed by atoms with Gasteiger partial charge in [0.2, 0.25) is 10.0 Å². The zero-order chi connectivity index (χ0) is 24.8. The molecule has 0 spiro atoms. The molecule has 35 heavy (non-hydrogen) atoms. The lowest BCUT2D eigenvalue weighted by molar-refractivity contribution is 0.0564. The first-order valence-corrected chi connectivity index (χ1v) is 13.2. The van der Waals surface area contributed by atoms with Crippen molar-refractivity contribution in [2.75, 3.05) is 12.9 Å². The van der Waals surface area contributed by atoms with Crippen LogP contribution in [0.25, 0.3) is 21.9 Å². The Morgan fingerprint density at radius 1 is 1.11 bits per heavy atom. The molecule has 2 aromatic heterocycles. The number of imidazole rings is 1. The van der Waals surface area contributed by atoms with E-state index in [1.807, 2.05) is 48.5 Å². The average molecular weight is 498 g/mol. The van der Waals surface area contributed by atoms with E-state index in [1.54, 1.807) is 20.4 Å². The molecule has 9 nitrogen and oxygen atoms in total. The summed E-state index contributed by atoms with van der Waals surface area (Å²) in [5.41, 5.74) is 9.97. The summed E-state index contributed by atoms with van der Waals surface area (Å²) < 4.78 is 40.4. The number of nitrogens with one attached hydrogen (secondary N) is 1. The van der Waals surface area contributed by atoms with E-state index in [9.17, 15) is 8.42 Å². The van der Waals surface area contributed by atoms with E-state index in [1.165, 1.54) is 0 Å². The number of para-hydroxylation sites is 1. The first kappa shape index (κ1) is 25.1. The van der Waals surface area contributed by atoms with Crippen LogP contribution in [0.1, 0.15) is 31.0 Å². The van der Waals surface area contributed by atoms with E-state index < -0.39 is 16.3 Å². The van der Waals surface area contributed by atoms with Gasteiger partial charge < -0.3 is 19.8 Å². The van der Waals surface area contributed by atoms with Gasteiger partial charge in [-0.05, 0) is 43.5 Å². The fourth-order valence-electron chi connectivity index (χ4n) is 3.91. The van der Waals surface area contributed by atoms with E-state index in [4.69, 9.17) is 20.2 Å². The summed E-state index contributed by atoms with van der Waals surface area (Å²) in [7, 11) is -1.78. The fourth-order valence-corrected chi connectivity index (χ4v) is 5.02. The van der Waals surface area contributed by atoms with Gasteiger partial charge in [-0.3, -0.25) is 0 Å². The van der Waals surface area contributed by atoms with Gasteiger partial charge in [-0.25, -0.2) is 23.1 Å². The molecule has 4 aromatic rings. The molecule has 4 rings (SSSR count). The average Bonchev–Trinajstić information content (AvgIpc) is 3.29. The summed E-state index contributed by atoms with van der Waals surface area (Å²) in [6.45, 7) is 2.95. The van der Waals surface area contributed by atoms with Gasteiger partial charge in [0.25, 0.3) is 0 Å². The van der Waals surface area contributed by atoms with Gasteiger partial charge in [-0.15, -0.1) is 0 Å². The summed E-state index contributed by atoms with van der Waals surface area (Å²) in [6, 6.07) is 15.2. The minimum atomic E-state index is -3.38. The molecule has 2 heterocycles. The van der Waals surface area contributed by atoms with Gasteiger partial charge in [0.15, 0.2) is 0 Å². The molecule has 186 valence electrons. The van der Waals surface area contributed by atoms with Crippen LogP contribution in [0.4, 0.5) is 0 Å². The van der Waals surface area contributed by atoms with Crippen molar-refractivity contribution in [3.63, 3.8) is 0 Å². The molecule has 10 heteroatoms. The lowest BCUT2D eigenvalue weighted by atomic mass is 10.1. The van der Waals surface area contributed by atoms with Gasteiger partial charge in [0.05, 0.1) is 42.5 Å². The number of sulfonamides is 1. The van der Waals surface area contributed by atoms with Crippen LogP contribution >= 0.6 is 0 Å². The summed E-state index contributed by atoms with van der Waals surface area (Å²) in [5.74, 6) is 0.798. The molecule has 0 aliphatic carbocycles. The third-order valence-corrected chi connectivity index (χ3v) is 7.14. The molecule has 0 radical (unpaired) electrons. The highest BCUT2D eigenvalue weighted by Crippen LogP contribution is 2.26. The molecule has 3 N–H and O–H groups in total. The summed E-state index contributed by atoms with van der Waals surface area (Å²) >= 11 is 0. The van der Waals surface area contributed by atoms with Gasteiger partial charge >= 0.3 is 0 Å². The van der Waals surface area contributed by atoms with Crippen molar-refractivity contribution in [2.24, 2.45) is 5.73 Å².